The van der Waals surface area contributed by atoms with Gasteiger partial charge in [-0.05, 0) is 16.5 Å². The number of ether oxygens (including phenoxy) is 1. The van der Waals surface area contributed by atoms with E-state index in [0.717, 1.165) is 17.6 Å². The quantitative estimate of drug-likeness (QED) is 0.438. The van der Waals surface area contributed by atoms with E-state index in [2.05, 4.69) is 34.3 Å². The Morgan fingerprint density at radius 3 is 3.06 bits per heavy atom. The normalized spacial score (nSPS) is 17.3. The highest BCUT2D eigenvalue weighted by Gasteiger charge is 2.23. The minimum atomic E-state index is -0.0216. The zero-order valence-electron chi connectivity index (χ0n) is 9.21. The first-order valence-electron chi connectivity index (χ1n) is 5.56. The number of nitrogens with zero attached hydrogens (tertiary/aromatic N) is 3. The average Bonchev–Trinajstić information content (AvgIpc) is 2.79. The Kier molecular flexibility index (Phi) is 2.35. The van der Waals surface area contributed by atoms with Gasteiger partial charge in [-0.2, -0.15) is 0 Å². The molecule has 0 radical (unpaired) electrons. The Morgan fingerprint density at radius 2 is 2.18 bits per heavy atom. The molecular weight excluding hydrogens is 214 g/mol. The summed E-state index contributed by atoms with van der Waals surface area (Å²) >= 11 is 0. The number of benzene rings is 2. The fourth-order valence-corrected chi connectivity index (χ4v) is 2.27. The molecule has 0 bridgehead atoms. The smallest absolute Gasteiger partial charge is 0.130 e. The van der Waals surface area contributed by atoms with Crippen molar-refractivity contribution >= 4 is 10.8 Å². The molecule has 1 unspecified atom stereocenters. The van der Waals surface area contributed by atoms with Gasteiger partial charge in [-0.25, -0.2) is 0 Å². The summed E-state index contributed by atoms with van der Waals surface area (Å²) in [6, 6.07) is 12.3. The van der Waals surface area contributed by atoms with Gasteiger partial charge in [-0.1, -0.05) is 41.5 Å². The van der Waals surface area contributed by atoms with Crippen LogP contribution in [0.3, 0.4) is 0 Å². The minimum Gasteiger partial charge on any atom is -0.489 e. The molecule has 0 N–H and O–H groups in total. The standard InChI is InChI=1S/C13H11N3O/c14-16-15-8-11-7-10-6-5-9-3-1-2-4-12(9)13(10)17-11/h1-6,11H,7-8H2. The molecule has 84 valence electrons. The lowest BCUT2D eigenvalue weighted by molar-refractivity contribution is 0.244. The molecule has 1 atom stereocenters. The summed E-state index contributed by atoms with van der Waals surface area (Å²) in [7, 11) is 0. The highest BCUT2D eigenvalue weighted by molar-refractivity contribution is 5.90. The van der Waals surface area contributed by atoms with E-state index in [1.807, 2.05) is 12.1 Å². The van der Waals surface area contributed by atoms with Crippen LogP contribution in [0.2, 0.25) is 0 Å². The van der Waals surface area contributed by atoms with E-state index in [1.165, 1.54) is 10.9 Å². The second-order valence-corrected chi connectivity index (χ2v) is 4.13. The van der Waals surface area contributed by atoms with Crippen molar-refractivity contribution < 1.29 is 4.74 Å². The summed E-state index contributed by atoms with van der Waals surface area (Å²) in [5.41, 5.74) is 9.51. The zero-order valence-corrected chi connectivity index (χ0v) is 9.21. The van der Waals surface area contributed by atoms with Crippen molar-refractivity contribution in [1.29, 1.82) is 0 Å². The van der Waals surface area contributed by atoms with E-state index >= 15 is 0 Å². The Hall–Kier alpha value is -2.19. The number of rotatable bonds is 2. The number of fused-ring (bicyclic) bond motifs is 3. The molecule has 2 aromatic carbocycles. The van der Waals surface area contributed by atoms with Crippen LogP contribution >= 0.6 is 0 Å². The van der Waals surface area contributed by atoms with Gasteiger partial charge < -0.3 is 4.74 Å². The van der Waals surface area contributed by atoms with E-state index in [-0.39, 0.29) is 6.10 Å². The molecule has 0 spiro atoms. The van der Waals surface area contributed by atoms with Crippen molar-refractivity contribution in [3.05, 3.63) is 52.4 Å². The minimum absolute atomic E-state index is 0.0216. The average molecular weight is 225 g/mol. The molecule has 0 amide bonds. The largest absolute Gasteiger partial charge is 0.489 e. The summed E-state index contributed by atoms with van der Waals surface area (Å²) in [5, 5.41) is 5.88. The maximum absolute atomic E-state index is 8.32. The summed E-state index contributed by atoms with van der Waals surface area (Å²) < 4.78 is 5.86. The second kappa shape index (κ2) is 4.00. The summed E-state index contributed by atoms with van der Waals surface area (Å²) in [4.78, 5) is 2.77. The van der Waals surface area contributed by atoms with Crippen LogP contribution in [0.15, 0.2) is 41.5 Å². The Morgan fingerprint density at radius 1 is 1.29 bits per heavy atom. The van der Waals surface area contributed by atoms with Gasteiger partial charge in [0.05, 0.1) is 6.54 Å². The van der Waals surface area contributed by atoms with Crippen molar-refractivity contribution in [2.75, 3.05) is 6.54 Å². The van der Waals surface area contributed by atoms with Gasteiger partial charge in [0.2, 0.25) is 0 Å². The van der Waals surface area contributed by atoms with Crippen LogP contribution in [-0.2, 0) is 6.42 Å². The molecular formula is C13H11N3O. The van der Waals surface area contributed by atoms with Gasteiger partial charge in [0.1, 0.15) is 11.9 Å². The van der Waals surface area contributed by atoms with Crippen LogP contribution < -0.4 is 4.74 Å². The van der Waals surface area contributed by atoms with E-state index in [1.54, 1.807) is 0 Å². The van der Waals surface area contributed by atoms with Crippen LogP contribution in [0.1, 0.15) is 5.56 Å². The second-order valence-electron chi connectivity index (χ2n) is 4.13. The van der Waals surface area contributed by atoms with E-state index in [4.69, 9.17) is 10.3 Å². The van der Waals surface area contributed by atoms with Gasteiger partial charge in [0, 0.05) is 16.7 Å². The summed E-state index contributed by atoms with van der Waals surface area (Å²) in [6.45, 7) is 0.388. The third-order valence-electron chi connectivity index (χ3n) is 3.04. The van der Waals surface area contributed by atoms with Crippen molar-refractivity contribution in [2.24, 2.45) is 5.11 Å². The maximum atomic E-state index is 8.32. The van der Waals surface area contributed by atoms with Gasteiger partial charge in [-0.15, -0.1) is 0 Å². The van der Waals surface area contributed by atoms with Crippen molar-refractivity contribution in [1.82, 2.24) is 0 Å². The van der Waals surface area contributed by atoms with Gasteiger partial charge >= 0.3 is 0 Å². The fourth-order valence-electron chi connectivity index (χ4n) is 2.27. The van der Waals surface area contributed by atoms with Gasteiger partial charge in [-0.3, -0.25) is 0 Å². The van der Waals surface area contributed by atoms with E-state index in [9.17, 15) is 0 Å². The number of hydrogen-bond acceptors (Lipinski definition) is 2. The molecule has 1 heterocycles. The molecule has 1 aliphatic rings. The van der Waals surface area contributed by atoms with Crippen molar-refractivity contribution in [3.8, 4) is 5.75 Å². The van der Waals surface area contributed by atoms with Crippen LogP contribution in [0.5, 0.6) is 5.75 Å². The first-order valence-corrected chi connectivity index (χ1v) is 5.56. The summed E-state index contributed by atoms with van der Waals surface area (Å²) in [6.07, 6.45) is 0.797. The Balaban J connectivity index is 2.02. The van der Waals surface area contributed by atoms with Crippen molar-refractivity contribution in [2.45, 2.75) is 12.5 Å². The third kappa shape index (κ3) is 1.69. The molecule has 0 aromatic heterocycles. The van der Waals surface area contributed by atoms with Crippen LogP contribution in [-0.4, -0.2) is 12.6 Å². The number of hydrogen-bond donors (Lipinski definition) is 0. The lowest BCUT2D eigenvalue weighted by Gasteiger charge is -2.08. The summed E-state index contributed by atoms with van der Waals surface area (Å²) in [5.74, 6) is 0.946. The Bertz CT molecular complexity index is 617. The first kappa shape index (κ1) is 10.00. The van der Waals surface area contributed by atoms with Crippen LogP contribution in [0, 0.1) is 0 Å². The molecule has 0 aliphatic carbocycles. The number of azide groups is 1. The Labute approximate surface area is 98.4 Å². The topological polar surface area (TPSA) is 58.0 Å². The van der Waals surface area contributed by atoms with E-state index < -0.39 is 0 Å². The molecule has 1 aliphatic heterocycles. The SMILES string of the molecule is [N-]=[N+]=NCC1Cc2ccc3ccccc3c2O1. The monoisotopic (exact) mass is 225 g/mol. The van der Waals surface area contributed by atoms with Crippen LogP contribution in [0.4, 0.5) is 0 Å². The third-order valence-corrected chi connectivity index (χ3v) is 3.04. The molecule has 0 fully saturated rings. The molecule has 4 nitrogen and oxygen atoms in total. The fraction of sp³-hybridized carbons (Fsp3) is 0.231. The molecule has 2 aromatic rings. The molecule has 0 saturated heterocycles. The van der Waals surface area contributed by atoms with Gasteiger partial charge in [0.15, 0.2) is 0 Å². The highest BCUT2D eigenvalue weighted by Crippen LogP contribution is 2.36. The van der Waals surface area contributed by atoms with Crippen LogP contribution in [0.25, 0.3) is 21.2 Å². The van der Waals surface area contributed by atoms with Gasteiger partial charge in [0.25, 0.3) is 0 Å². The predicted octanol–water partition coefficient (Wildman–Crippen LogP) is 3.45. The van der Waals surface area contributed by atoms with Crippen molar-refractivity contribution in [3.63, 3.8) is 0 Å². The van der Waals surface area contributed by atoms with E-state index in [0.29, 0.717) is 6.54 Å². The lowest BCUT2D eigenvalue weighted by atomic mass is 10.0. The predicted molar refractivity (Wildman–Crippen MR) is 66.1 cm³/mol. The molecule has 17 heavy (non-hydrogen) atoms. The molecule has 4 heteroatoms. The first-order chi connectivity index (χ1) is 8.38. The zero-order chi connectivity index (χ0) is 11.7. The maximum Gasteiger partial charge on any atom is 0.130 e. The molecule has 0 saturated carbocycles. The molecule has 3 rings (SSSR count). The highest BCUT2D eigenvalue weighted by atomic mass is 16.5. The lowest BCUT2D eigenvalue weighted by Crippen LogP contribution is -2.16.